The first kappa shape index (κ1) is 28.4. The smallest absolute Gasteiger partial charge is 0.281 e. The van der Waals surface area contributed by atoms with Crippen LogP contribution >= 0.6 is 0 Å². The maximum atomic E-state index is 13.5. The highest BCUT2D eigenvalue weighted by molar-refractivity contribution is 6.19. The van der Waals surface area contributed by atoms with Gasteiger partial charge in [0.15, 0.2) is 0 Å². The zero-order valence-electron chi connectivity index (χ0n) is 22.6. The fourth-order valence-electron chi connectivity index (χ4n) is 4.57. The Morgan fingerprint density at radius 1 is 0.919 bits per heavy atom. The van der Waals surface area contributed by atoms with Gasteiger partial charge in [0.1, 0.15) is 11.3 Å². The minimum absolute atomic E-state index is 0.134. The number of nitrogens with zero attached hydrogens (tertiary/aromatic N) is 2. The van der Waals surface area contributed by atoms with Gasteiger partial charge in [-0.3, -0.25) is 14.9 Å². The molecular weight excluding hydrogens is 466 g/mol. The van der Waals surface area contributed by atoms with Gasteiger partial charge in [-0.25, -0.2) is 0 Å². The molecule has 200 valence electrons. The second-order valence-electron chi connectivity index (χ2n) is 9.68. The van der Waals surface area contributed by atoms with Crippen molar-refractivity contribution in [3.05, 3.63) is 69.4 Å². The Kier molecular flexibility index (Phi) is 11.1. The van der Waals surface area contributed by atoms with Crippen LogP contribution in [0.3, 0.4) is 0 Å². The van der Waals surface area contributed by atoms with Crippen LogP contribution in [0.2, 0.25) is 0 Å². The molecule has 0 unspecified atom stereocenters. The predicted octanol–water partition coefficient (Wildman–Crippen LogP) is 7.32. The highest BCUT2D eigenvalue weighted by Gasteiger charge is 2.25. The standard InChI is InChI=1S/C30H41N3O4/c1-4-7-11-24-22-26-27(31-24)16-17-28(33(35)36)29(26)30(34)23-12-14-25(15-13-23)37-21-10-20-32(18-8-5-2)19-9-6-3/h12-17,22,31H,4-11,18-21H2,1-3H3. The van der Waals surface area contributed by atoms with Gasteiger partial charge in [0, 0.05) is 34.8 Å². The van der Waals surface area contributed by atoms with Crippen LogP contribution in [0.5, 0.6) is 5.75 Å². The summed E-state index contributed by atoms with van der Waals surface area (Å²) in [7, 11) is 0. The number of nitrogens with one attached hydrogen (secondary N) is 1. The van der Waals surface area contributed by atoms with Crippen molar-refractivity contribution in [2.24, 2.45) is 0 Å². The van der Waals surface area contributed by atoms with Gasteiger partial charge in [-0.05, 0) is 81.6 Å². The maximum Gasteiger partial charge on any atom is 0.281 e. The number of nitro groups is 1. The predicted molar refractivity (Wildman–Crippen MR) is 150 cm³/mol. The van der Waals surface area contributed by atoms with E-state index in [4.69, 9.17) is 4.74 Å². The van der Waals surface area contributed by atoms with E-state index in [1.54, 1.807) is 30.3 Å². The molecule has 1 heterocycles. The summed E-state index contributed by atoms with van der Waals surface area (Å²) in [6.45, 7) is 10.4. The fourth-order valence-corrected chi connectivity index (χ4v) is 4.57. The maximum absolute atomic E-state index is 13.5. The number of unbranched alkanes of at least 4 members (excludes halogenated alkanes) is 3. The minimum Gasteiger partial charge on any atom is -0.494 e. The van der Waals surface area contributed by atoms with Crippen molar-refractivity contribution in [1.29, 1.82) is 0 Å². The Hall–Kier alpha value is -3.19. The van der Waals surface area contributed by atoms with Gasteiger partial charge in [0.05, 0.1) is 11.5 Å². The number of aromatic amines is 1. The van der Waals surface area contributed by atoms with E-state index in [-0.39, 0.29) is 17.0 Å². The molecule has 2 aromatic carbocycles. The molecule has 0 bridgehead atoms. The summed E-state index contributed by atoms with van der Waals surface area (Å²) in [4.78, 5) is 30.6. The van der Waals surface area contributed by atoms with Crippen molar-refractivity contribution in [3.8, 4) is 5.75 Å². The van der Waals surface area contributed by atoms with Crippen molar-refractivity contribution in [2.45, 2.75) is 72.1 Å². The average Bonchev–Trinajstić information content (AvgIpc) is 3.33. The minimum atomic E-state index is -0.479. The first-order valence-corrected chi connectivity index (χ1v) is 13.8. The Balaban J connectivity index is 1.68. The Bertz CT molecular complexity index is 1150. The zero-order chi connectivity index (χ0) is 26.6. The lowest BCUT2D eigenvalue weighted by molar-refractivity contribution is -0.385. The van der Waals surface area contributed by atoms with E-state index in [0.29, 0.717) is 23.3 Å². The number of hydrogen-bond acceptors (Lipinski definition) is 5. The Morgan fingerprint density at radius 2 is 1.57 bits per heavy atom. The zero-order valence-corrected chi connectivity index (χ0v) is 22.6. The molecule has 0 saturated carbocycles. The molecule has 7 heteroatoms. The van der Waals surface area contributed by atoms with Crippen molar-refractivity contribution < 1.29 is 14.5 Å². The van der Waals surface area contributed by atoms with Gasteiger partial charge in [0.2, 0.25) is 5.78 Å². The summed E-state index contributed by atoms with van der Waals surface area (Å²) >= 11 is 0. The highest BCUT2D eigenvalue weighted by atomic mass is 16.6. The molecule has 0 spiro atoms. The van der Waals surface area contributed by atoms with Gasteiger partial charge in [0.25, 0.3) is 5.69 Å². The van der Waals surface area contributed by atoms with E-state index in [9.17, 15) is 14.9 Å². The van der Waals surface area contributed by atoms with Crippen LogP contribution in [0, 0.1) is 10.1 Å². The lowest BCUT2D eigenvalue weighted by atomic mass is 9.98. The van der Waals surface area contributed by atoms with Crippen LogP contribution in [0.15, 0.2) is 42.5 Å². The molecule has 37 heavy (non-hydrogen) atoms. The molecule has 7 nitrogen and oxygen atoms in total. The number of rotatable bonds is 17. The van der Waals surface area contributed by atoms with Crippen molar-refractivity contribution in [2.75, 3.05) is 26.2 Å². The molecule has 3 aromatic rings. The molecule has 1 N–H and O–H groups in total. The number of nitro benzene ring substituents is 1. The van der Waals surface area contributed by atoms with Gasteiger partial charge in [-0.1, -0.05) is 40.0 Å². The molecule has 1 aromatic heterocycles. The lowest BCUT2D eigenvalue weighted by Crippen LogP contribution is -2.28. The molecule has 3 rings (SSSR count). The summed E-state index contributed by atoms with van der Waals surface area (Å²) in [6, 6.07) is 11.9. The average molecular weight is 508 g/mol. The van der Waals surface area contributed by atoms with Crippen molar-refractivity contribution in [1.82, 2.24) is 9.88 Å². The second kappa shape index (κ2) is 14.5. The van der Waals surface area contributed by atoms with Gasteiger partial charge >= 0.3 is 0 Å². The molecule has 0 saturated heterocycles. The van der Waals surface area contributed by atoms with Crippen LogP contribution in [0.1, 0.15) is 87.3 Å². The number of carbonyl (C=O) groups excluding carboxylic acids is 1. The van der Waals surface area contributed by atoms with Crippen molar-refractivity contribution in [3.63, 3.8) is 0 Å². The van der Waals surface area contributed by atoms with E-state index >= 15 is 0 Å². The number of ketones is 1. The normalized spacial score (nSPS) is 11.4. The number of carbonyl (C=O) groups is 1. The number of aryl methyl sites for hydroxylation is 1. The van der Waals surface area contributed by atoms with Crippen molar-refractivity contribution >= 4 is 22.4 Å². The van der Waals surface area contributed by atoms with E-state index < -0.39 is 4.92 Å². The topological polar surface area (TPSA) is 88.5 Å². The highest BCUT2D eigenvalue weighted by Crippen LogP contribution is 2.31. The third kappa shape index (κ3) is 7.89. The summed E-state index contributed by atoms with van der Waals surface area (Å²) in [5, 5.41) is 12.4. The molecule has 0 aliphatic heterocycles. The first-order valence-electron chi connectivity index (χ1n) is 13.8. The molecule has 0 atom stereocenters. The van der Waals surface area contributed by atoms with Crippen LogP contribution in [0.25, 0.3) is 10.9 Å². The Morgan fingerprint density at radius 3 is 2.19 bits per heavy atom. The summed E-state index contributed by atoms with van der Waals surface area (Å²) < 4.78 is 5.93. The summed E-state index contributed by atoms with van der Waals surface area (Å²) in [5.74, 6) is 0.341. The summed E-state index contributed by atoms with van der Waals surface area (Å²) in [5.41, 5.74) is 2.10. The molecular formula is C30H41N3O4. The SMILES string of the molecule is CCCCc1cc2c(C(=O)c3ccc(OCCCN(CCCC)CCCC)cc3)c([N+](=O)[O-])ccc2[nH]1. The number of ether oxygens (including phenoxy) is 1. The third-order valence-electron chi connectivity index (χ3n) is 6.72. The second-order valence-corrected chi connectivity index (χ2v) is 9.68. The van der Waals surface area contributed by atoms with Crippen LogP contribution in [0.4, 0.5) is 5.69 Å². The molecule has 0 radical (unpaired) electrons. The number of fused-ring (bicyclic) bond motifs is 1. The fraction of sp³-hybridized carbons (Fsp3) is 0.500. The molecule has 0 aliphatic carbocycles. The molecule has 0 fully saturated rings. The summed E-state index contributed by atoms with van der Waals surface area (Å²) in [6.07, 6.45) is 8.67. The van der Waals surface area contributed by atoms with E-state index in [0.717, 1.165) is 56.5 Å². The number of H-pyrrole nitrogens is 1. The lowest BCUT2D eigenvalue weighted by Gasteiger charge is -2.21. The largest absolute Gasteiger partial charge is 0.494 e. The molecule has 0 aliphatic rings. The Labute approximate surface area is 220 Å². The van der Waals surface area contributed by atoms with Crippen LogP contribution in [-0.2, 0) is 6.42 Å². The quantitative estimate of drug-likeness (QED) is 0.0895. The monoisotopic (exact) mass is 507 g/mol. The van der Waals surface area contributed by atoms with Crippen LogP contribution < -0.4 is 4.74 Å². The van der Waals surface area contributed by atoms with E-state index in [1.165, 1.54) is 31.7 Å². The van der Waals surface area contributed by atoms with Crippen LogP contribution in [-0.4, -0.2) is 46.8 Å². The van der Waals surface area contributed by atoms with Gasteiger partial charge in [-0.15, -0.1) is 0 Å². The van der Waals surface area contributed by atoms with Gasteiger partial charge in [-0.2, -0.15) is 0 Å². The number of benzene rings is 2. The molecule has 0 amide bonds. The van der Waals surface area contributed by atoms with E-state index in [2.05, 4.69) is 30.7 Å². The first-order chi connectivity index (χ1) is 18.0. The number of hydrogen-bond donors (Lipinski definition) is 1. The van der Waals surface area contributed by atoms with Gasteiger partial charge < -0.3 is 14.6 Å². The number of aromatic nitrogens is 1. The third-order valence-corrected chi connectivity index (χ3v) is 6.72. The van der Waals surface area contributed by atoms with E-state index in [1.807, 2.05) is 6.07 Å².